The fraction of sp³-hybridized carbons (Fsp3) is 0.250. The molecule has 0 fully saturated rings. The number of benzene rings is 1. The molecule has 8 heteroatoms. The predicted molar refractivity (Wildman–Crippen MR) is 73.0 cm³/mol. The van der Waals surface area contributed by atoms with Gasteiger partial charge in [0.05, 0.1) is 6.42 Å². The number of ether oxygens (including phenoxy) is 1. The first-order valence-electron chi connectivity index (χ1n) is 5.57. The lowest BCUT2D eigenvalue weighted by molar-refractivity contribution is -0.143. The number of carboxylic acids is 1. The normalized spacial score (nSPS) is 11.4. The maximum atomic E-state index is 11.5. The Morgan fingerprint density at radius 1 is 1.40 bits per heavy atom. The number of hydrogen-bond donors (Lipinski definition) is 3. The number of primary amides is 1. The minimum absolute atomic E-state index is 0.362. The summed E-state index contributed by atoms with van der Waals surface area (Å²) in [5, 5.41) is 11.0. The maximum Gasteiger partial charge on any atom is 0.326 e. The molecule has 1 unspecified atom stereocenters. The summed E-state index contributed by atoms with van der Waals surface area (Å²) in [5.74, 6) is -2.35. The zero-order valence-corrected chi connectivity index (χ0v) is 11.9. The monoisotopic (exact) mass is 344 g/mol. The van der Waals surface area contributed by atoms with Crippen LogP contribution in [0.25, 0.3) is 0 Å². The molecule has 0 aromatic heterocycles. The molecule has 0 saturated heterocycles. The van der Waals surface area contributed by atoms with Crippen LogP contribution in [0.1, 0.15) is 6.42 Å². The Morgan fingerprint density at radius 3 is 2.65 bits per heavy atom. The highest BCUT2D eigenvalue weighted by Gasteiger charge is 2.22. The van der Waals surface area contributed by atoms with Gasteiger partial charge in [0.15, 0.2) is 6.61 Å². The molecular formula is C12H13BrN2O5. The van der Waals surface area contributed by atoms with Gasteiger partial charge in [-0.1, -0.05) is 22.0 Å². The Labute approximate surface area is 123 Å². The number of carbonyl (C=O) groups is 3. The first kappa shape index (κ1) is 16.0. The Balaban J connectivity index is 2.49. The number of amides is 2. The van der Waals surface area contributed by atoms with E-state index in [9.17, 15) is 14.4 Å². The van der Waals surface area contributed by atoms with Gasteiger partial charge in [0.2, 0.25) is 5.91 Å². The molecule has 0 heterocycles. The van der Waals surface area contributed by atoms with Crippen molar-refractivity contribution < 1.29 is 24.2 Å². The van der Waals surface area contributed by atoms with E-state index in [-0.39, 0.29) is 6.61 Å². The van der Waals surface area contributed by atoms with Gasteiger partial charge in [-0.05, 0) is 18.2 Å². The minimum atomic E-state index is -1.36. The SMILES string of the molecule is NC(=O)CC(NC(=O)COc1cccc(Br)c1)C(=O)O. The van der Waals surface area contributed by atoms with Crippen LogP contribution in [-0.4, -0.2) is 35.5 Å². The molecule has 0 aliphatic rings. The Kier molecular flexibility index (Phi) is 5.98. The number of aliphatic carboxylic acids is 1. The highest BCUT2D eigenvalue weighted by atomic mass is 79.9. The van der Waals surface area contributed by atoms with Crippen molar-refractivity contribution in [3.05, 3.63) is 28.7 Å². The summed E-state index contributed by atoms with van der Waals surface area (Å²) in [6.07, 6.45) is -0.474. The van der Waals surface area contributed by atoms with Crippen molar-refractivity contribution in [2.45, 2.75) is 12.5 Å². The topological polar surface area (TPSA) is 119 Å². The van der Waals surface area contributed by atoms with Gasteiger partial charge in [-0.2, -0.15) is 0 Å². The molecule has 4 N–H and O–H groups in total. The van der Waals surface area contributed by atoms with Gasteiger partial charge in [0, 0.05) is 4.47 Å². The molecule has 20 heavy (non-hydrogen) atoms. The molecule has 0 saturated carbocycles. The third-order valence-electron chi connectivity index (χ3n) is 2.20. The van der Waals surface area contributed by atoms with Crippen LogP contribution in [0.15, 0.2) is 28.7 Å². The van der Waals surface area contributed by atoms with Crippen molar-refractivity contribution in [3.8, 4) is 5.75 Å². The van der Waals surface area contributed by atoms with Crippen molar-refractivity contribution in [2.24, 2.45) is 5.73 Å². The van der Waals surface area contributed by atoms with Crippen molar-refractivity contribution in [3.63, 3.8) is 0 Å². The molecular weight excluding hydrogens is 332 g/mol. The third kappa shape index (κ3) is 5.70. The summed E-state index contributed by atoms with van der Waals surface area (Å²) in [4.78, 5) is 33.0. The number of halogens is 1. The molecule has 2 amide bonds. The standard InChI is InChI=1S/C12H13BrN2O5/c13-7-2-1-3-8(4-7)20-6-11(17)15-9(12(18)19)5-10(14)16/h1-4,9H,5-6H2,(H2,14,16)(H,15,17)(H,18,19). The molecule has 108 valence electrons. The van der Waals surface area contributed by atoms with E-state index in [4.69, 9.17) is 15.6 Å². The van der Waals surface area contributed by atoms with E-state index in [2.05, 4.69) is 21.2 Å². The first-order valence-corrected chi connectivity index (χ1v) is 6.36. The van der Waals surface area contributed by atoms with Crippen LogP contribution in [0.3, 0.4) is 0 Å². The van der Waals surface area contributed by atoms with E-state index in [0.29, 0.717) is 5.75 Å². The average molecular weight is 345 g/mol. The molecule has 0 radical (unpaired) electrons. The van der Waals surface area contributed by atoms with Crippen LogP contribution in [0.4, 0.5) is 0 Å². The van der Waals surface area contributed by atoms with Gasteiger partial charge in [-0.3, -0.25) is 9.59 Å². The predicted octanol–water partition coefficient (Wildman–Crippen LogP) is 0.273. The zero-order chi connectivity index (χ0) is 15.1. The lowest BCUT2D eigenvalue weighted by Gasteiger charge is -2.13. The van der Waals surface area contributed by atoms with Crippen molar-refractivity contribution in [1.29, 1.82) is 0 Å². The fourth-order valence-electron chi connectivity index (χ4n) is 1.34. The zero-order valence-electron chi connectivity index (χ0n) is 10.3. The van der Waals surface area contributed by atoms with Crippen molar-refractivity contribution >= 4 is 33.7 Å². The van der Waals surface area contributed by atoms with Crippen molar-refractivity contribution in [1.82, 2.24) is 5.32 Å². The summed E-state index contributed by atoms with van der Waals surface area (Å²) < 4.78 is 5.97. The molecule has 0 aliphatic heterocycles. The van der Waals surface area contributed by atoms with Crippen LogP contribution >= 0.6 is 15.9 Å². The molecule has 7 nitrogen and oxygen atoms in total. The lowest BCUT2D eigenvalue weighted by atomic mass is 10.2. The highest BCUT2D eigenvalue weighted by molar-refractivity contribution is 9.10. The largest absolute Gasteiger partial charge is 0.484 e. The van der Waals surface area contributed by atoms with Gasteiger partial charge in [-0.25, -0.2) is 4.79 Å². The summed E-state index contributed by atoms with van der Waals surface area (Å²) in [6.45, 7) is -0.362. The summed E-state index contributed by atoms with van der Waals surface area (Å²) in [7, 11) is 0. The van der Waals surface area contributed by atoms with E-state index in [1.165, 1.54) is 0 Å². The Morgan fingerprint density at radius 2 is 2.10 bits per heavy atom. The third-order valence-corrected chi connectivity index (χ3v) is 2.70. The molecule has 1 aromatic carbocycles. The molecule has 1 rings (SSSR count). The van der Waals surface area contributed by atoms with Crippen LogP contribution in [0.2, 0.25) is 0 Å². The number of hydrogen-bond acceptors (Lipinski definition) is 4. The van der Waals surface area contributed by atoms with Gasteiger partial charge in [0.25, 0.3) is 5.91 Å². The van der Waals surface area contributed by atoms with Crippen LogP contribution in [0, 0.1) is 0 Å². The van der Waals surface area contributed by atoms with Crippen LogP contribution < -0.4 is 15.8 Å². The number of nitrogens with one attached hydrogen (secondary N) is 1. The average Bonchev–Trinajstić information content (AvgIpc) is 2.35. The van der Waals surface area contributed by atoms with E-state index < -0.39 is 30.2 Å². The molecule has 1 aromatic rings. The van der Waals surface area contributed by atoms with E-state index in [0.717, 1.165) is 4.47 Å². The number of rotatable bonds is 7. The summed E-state index contributed by atoms with van der Waals surface area (Å²) in [6, 6.07) is 5.47. The van der Waals surface area contributed by atoms with Crippen LogP contribution in [-0.2, 0) is 14.4 Å². The number of nitrogens with two attached hydrogens (primary N) is 1. The molecule has 0 bridgehead atoms. The number of carboxylic acid groups (broad SMARTS) is 1. The van der Waals surface area contributed by atoms with E-state index in [1.54, 1.807) is 24.3 Å². The second-order valence-electron chi connectivity index (χ2n) is 3.87. The van der Waals surface area contributed by atoms with Gasteiger partial charge in [0.1, 0.15) is 11.8 Å². The lowest BCUT2D eigenvalue weighted by Crippen LogP contribution is -2.45. The number of carbonyl (C=O) groups excluding carboxylic acids is 2. The second kappa shape index (κ2) is 7.49. The second-order valence-corrected chi connectivity index (χ2v) is 4.79. The first-order chi connectivity index (χ1) is 9.38. The van der Waals surface area contributed by atoms with E-state index >= 15 is 0 Å². The maximum absolute atomic E-state index is 11.5. The Bertz CT molecular complexity index is 520. The molecule has 1 atom stereocenters. The summed E-state index contributed by atoms with van der Waals surface area (Å²) in [5.41, 5.74) is 4.90. The van der Waals surface area contributed by atoms with Crippen LogP contribution in [0.5, 0.6) is 5.75 Å². The molecule has 0 aliphatic carbocycles. The highest BCUT2D eigenvalue weighted by Crippen LogP contribution is 2.17. The van der Waals surface area contributed by atoms with Gasteiger partial charge >= 0.3 is 5.97 Å². The van der Waals surface area contributed by atoms with Crippen molar-refractivity contribution in [2.75, 3.05) is 6.61 Å². The van der Waals surface area contributed by atoms with Gasteiger partial charge < -0.3 is 20.9 Å². The molecule has 0 spiro atoms. The fourth-order valence-corrected chi connectivity index (χ4v) is 1.72. The summed E-state index contributed by atoms with van der Waals surface area (Å²) >= 11 is 3.25. The van der Waals surface area contributed by atoms with Gasteiger partial charge in [-0.15, -0.1) is 0 Å². The Hall–Kier alpha value is -2.09. The minimum Gasteiger partial charge on any atom is -0.484 e. The van der Waals surface area contributed by atoms with E-state index in [1.807, 2.05) is 0 Å². The quantitative estimate of drug-likeness (QED) is 0.656. The smallest absolute Gasteiger partial charge is 0.326 e.